The molecule has 2 nitrogen and oxygen atoms in total. The second kappa shape index (κ2) is 4.24. The van der Waals surface area contributed by atoms with Gasteiger partial charge in [-0.2, -0.15) is 0 Å². The molecule has 0 aromatic carbocycles. The Morgan fingerprint density at radius 1 is 1.33 bits per heavy atom. The van der Waals surface area contributed by atoms with Crippen molar-refractivity contribution in [2.24, 2.45) is 5.92 Å². The molecule has 12 heavy (non-hydrogen) atoms. The zero-order chi connectivity index (χ0) is 9.03. The number of hydrogen-bond acceptors (Lipinski definition) is 1. The summed E-state index contributed by atoms with van der Waals surface area (Å²) >= 11 is 0. The highest BCUT2D eigenvalue weighted by Crippen LogP contribution is 2.39. The smallest absolute Gasteiger partial charge is 0.118 e. The quantitative estimate of drug-likeness (QED) is 0.574. The third-order valence-electron chi connectivity index (χ3n) is 2.69. The lowest BCUT2D eigenvalue weighted by Gasteiger charge is -2.46. The van der Waals surface area contributed by atoms with Gasteiger partial charge in [-0.15, -0.1) is 0 Å². The van der Waals surface area contributed by atoms with Crippen LogP contribution < -0.4 is 5.32 Å². The van der Waals surface area contributed by atoms with Gasteiger partial charge in [0.2, 0.25) is 0 Å². The minimum Gasteiger partial charge on any atom is -0.363 e. The molecule has 2 aliphatic rings. The van der Waals surface area contributed by atoms with E-state index in [1.54, 1.807) is 0 Å². The molecule has 1 aliphatic heterocycles. The SMILES string of the molecule is CC.CC1CC2(C[NH2+]CCO2)C1. The average molecular weight is 172 g/mol. The van der Waals surface area contributed by atoms with Crippen LogP contribution in [0, 0.1) is 5.92 Å². The first-order chi connectivity index (χ1) is 5.81. The zero-order valence-corrected chi connectivity index (χ0v) is 8.60. The van der Waals surface area contributed by atoms with E-state index in [-0.39, 0.29) is 0 Å². The van der Waals surface area contributed by atoms with Crippen molar-refractivity contribution in [2.75, 3.05) is 19.7 Å². The van der Waals surface area contributed by atoms with E-state index < -0.39 is 0 Å². The van der Waals surface area contributed by atoms with Crippen molar-refractivity contribution in [3.8, 4) is 0 Å². The maximum absolute atomic E-state index is 5.74. The average Bonchev–Trinajstić information content (AvgIpc) is 2.08. The zero-order valence-electron chi connectivity index (χ0n) is 8.60. The van der Waals surface area contributed by atoms with Gasteiger partial charge in [0.25, 0.3) is 0 Å². The first-order valence-corrected chi connectivity index (χ1v) is 5.26. The van der Waals surface area contributed by atoms with Crippen LogP contribution in [0.2, 0.25) is 0 Å². The Hall–Kier alpha value is -0.0800. The van der Waals surface area contributed by atoms with Gasteiger partial charge in [-0.05, 0) is 18.8 Å². The summed E-state index contributed by atoms with van der Waals surface area (Å²) in [7, 11) is 0. The summed E-state index contributed by atoms with van der Waals surface area (Å²) in [6.45, 7) is 9.64. The van der Waals surface area contributed by atoms with Crippen molar-refractivity contribution in [3.63, 3.8) is 0 Å². The van der Waals surface area contributed by atoms with Gasteiger partial charge in [0.05, 0.1) is 13.2 Å². The molecule has 0 aromatic heterocycles. The fraction of sp³-hybridized carbons (Fsp3) is 1.00. The van der Waals surface area contributed by atoms with Crippen molar-refractivity contribution in [3.05, 3.63) is 0 Å². The lowest BCUT2D eigenvalue weighted by atomic mass is 9.71. The molecule has 2 fully saturated rings. The fourth-order valence-electron chi connectivity index (χ4n) is 2.28. The van der Waals surface area contributed by atoms with Crippen LogP contribution in [0.5, 0.6) is 0 Å². The molecule has 1 saturated carbocycles. The number of quaternary nitrogens is 1. The lowest BCUT2D eigenvalue weighted by Crippen LogP contribution is -2.92. The molecule has 0 unspecified atom stereocenters. The highest BCUT2D eigenvalue weighted by Gasteiger charge is 2.46. The van der Waals surface area contributed by atoms with Crippen LogP contribution in [-0.2, 0) is 4.74 Å². The minimum atomic E-state index is 0.317. The van der Waals surface area contributed by atoms with Crippen molar-refractivity contribution in [2.45, 2.75) is 39.2 Å². The summed E-state index contributed by atoms with van der Waals surface area (Å²) in [5, 5.41) is 2.38. The van der Waals surface area contributed by atoms with Gasteiger partial charge in [0.1, 0.15) is 12.1 Å². The highest BCUT2D eigenvalue weighted by molar-refractivity contribution is 4.94. The minimum absolute atomic E-state index is 0.317. The van der Waals surface area contributed by atoms with E-state index in [0.717, 1.165) is 19.1 Å². The molecule has 2 heteroatoms. The van der Waals surface area contributed by atoms with Gasteiger partial charge < -0.3 is 10.1 Å². The molecule has 0 atom stereocenters. The van der Waals surface area contributed by atoms with Crippen LogP contribution in [0.1, 0.15) is 33.6 Å². The van der Waals surface area contributed by atoms with E-state index in [1.807, 2.05) is 13.8 Å². The normalized spacial score (nSPS) is 39.8. The van der Waals surface area contributed by atoms with E-state index in [2.05, 4.69) is 12.2 Å². The molecule has 1 saturated heterocycles. The predicted molar refractivity (Wildman–Crippen MR) is 50.1 cm³/mol. The van der Waals surface area contributed by atoms with Crippen LogP contribution in [0.25, 0.3) is 0 Å². The molecular formula is C10H22NO+. The molecule has 2 rings (SSSR count). The second-order valence-corrected chi connectivity index (χ2v) is 3.83. The molecule has 0 amide bonds. The van der Waals surface area contributed by atoms with E-state index in [0.29, 0.717) is 5.60 Å². The Morgan fingerprint density at radius 3 is 2.42 bits per heavy atom. The van der Waals surface area contributed by atoms with Crippen LogP contribution in [-0.4, -0.2) is 25.3 Å². The van der Waals surface area contributed by atoms with E-state index in [1.165, 1.54) is 19.4 Å². The fourth-order valence-corrected chi connectivity index (χ4v) is 2.28. The third-order valence-corrected chi connectivity index (χ3v) is 2.69. The molecule has 1 heterocycles. The molecule has 1 aliphatic carbocycles. The van der Waals surface area contributed by atoms with E-state index in [9.17, 15) is 0 Å². The summed E-state index contributed by atoms with van der Waals surface area (Å²) < 4.78 is 5.74. The Morgan fingerprint density at radius 2 is 2.00 bits per heavy atom. The summed E-state index contributed by atoms with van der Waals surface area (Å²) in [6, 6.07) is 0. The van der Waals surface area contributed by atoms with Crippen molar-refractivity contribution in [1.29, 1.82) is 0 Å². The monoisotopic (exact) mass is 172 g/mol. The Balaban J connectivity index is 0.000000336. The van der Waals surface area contributed by atoms with E-state index >= 15 is 0 Å². The van der Waals surface area contributed by atoms with Gasteiger partial charge in [-0.1, -0.05) is 20.8 Å². The molecule has 1 spiro atoms. The summed E-state index contributed by atoms with van der Waals surface area (Å²) in [4.78, 5) is 0. The molecule has 0 bridgehead atoms. The largest absolute Gasteiger partial charge is 0.363 e. The lowest BCUT2D eigenvalue weighted by molar-refractivity contribution is -0.689. The Kier molecular flexibility index (Phi) is 3.53. The maximum atomic E-state index is 5.74. The topological polar surface area (TPSA) is 25.8 Å². The first-order valence-electron chi connectivity index (χ1n) is 5.26. The van der Waals surface area contributed by atoms with Crippen LogP contribution >= 0.6 is 0 Å². The molecule has 0 aromatic rings. The van der Waals surface area contributed by atoms with Crippen LogP contribution in [0.4, 0.5) is 0 Å². The van der Waals surface area contributed by atoms with E-state index in [4.69, 9.17) is 4.74 Å². The van der Waals surface area contributed by atoms with Gasteiger partial charge in [0.15, 0.2) is 0 Å². The first kappa shape index (κ1) is 10.0. The van der Waals surface area contributed by atoms with Crippen molar-refractivity contribution in [1.82, 2.24) is 0 Å². The third kappa shape index (κ3) is 1.99. The number of morpholine rings is 1. The predicted octanol–water partition coefficient (Wildman–Crippen LogP) is 0.775. The molecule has 0 radical (unpaired) electrons. The van der Waals surface area contributed by atoms with Gasteiger partial charge in [-0.25, -0.2) is 0 Å². The van der Waals surface area contributed by atoms with Gasteiger partial charge >= 0.3 is 0 Å². The molecule has 72 valence electrons. The Labute approximate surface area is 75.7 Å². The second-order valence-electron chi connectivity index (χ2n) is 3.83. The van der Waals surface area contributed by atoms with Gasteiger partial charge in [-0.3, -0.25) is 0 Å². The number of ether oxygens (including phenoxy) is 1. The molecular weight excluding hydrogens is 150 g/mol. The van der Waals surface area contributed by atoms with Crippen LogP contribution in [0.3, 0.4) is 0 Å². The van der Waals surface area contributed by atoms with Crippen LogP contribution in [0.15, 0.2) is 0 Å². The van der Waals surface area contributed by atoms with Crippen molar-refractivity contribution < 1.29 is 10.1 Å². The van der Waals surface area contributed by atoms with Gasteiger partial charge in [0, 0.05) is 0 Å². The highest BCUT2D eigenvalue weighted by atomic mass is 16.5. The number of rotatable bonds is 0. The summed E-state index contributed by atoms with van der Waals surface area (Å²) in [5.41, 5.74) is 0.317. The summed E-state index contributed by atoms with van der Waals surface area (Å²) in [6.07, 6.45) is 2.59. The Bertz CT molecular complexity index is 114. The van der Waals surface area contributed by atoms with Crippen molar-refractivity contribution >= 4 is 0 Å². The summed E-state index contributed by atoms with van der Waals surface area (Å²) in [5.74, 6) is 0.909. The maximum Gasteiger partial charge on any atom is 0.118 e. The standard InChI is InChI=1S/C8H15NO.C2H6/c1-7-4-8(5-7)6-9-2-3-10-8;1-2/h7,9H,2-6H2,1H3;1-2H3/p+1. The number of hydrogen-bond donors (Lipinski definition) is 1. The number of nitrogens with two attached hydrogens (primary N) is 1. The molecule has 2 N–H and O–H groups in total.